The number of nitrogens with one attached hydrogen (secondary N) is 1. The molecule has 19 heavy (non-hydrogen) atoms. The summed E-state index contributed by atoms with van der Waals surface area (Å²) in [7, 11) is 0. The number of nitriles is 1. The van der Waals surface area contributed by atoms with Crippen LogP contribution in [0.15, 0.2) is 24.3 Å². The zero-order valence-corrected chi connectivity index (χ0v) is 11.9. The zero-order valence-electron chi connectivity index (χ0n) is 9.60. The molecule has 2 aromatic rings. The molecule has 1 atom stereocenters. The molecule has 0 amide bonds. The number of aliphatic hydroxyl groups excluding tert-OH is 1. The van der Waals surface area contributed by atoms with Crippen molar-refractivity contribution in [1.82, 2.24) is 4.37 Å². The minimum atomic E-state index is -0.704. The van der Waals surface area contributed by atoms with Gasteiger partial charge in [-0.15, -0.1) is 0 Å². The van der Waals surface area contributed by atoms with Crippen LogP contribution in [0.25, 0.3) is 0 Å². The SMILES string of the molecule is N#Cc1c(Cl)nsc1NCC(O)c1ccc(Cl)cc1. The standard InChI is InChI=1S/C12H9Cl2N3OS/c13-8-3-1-7(2-4-8)10(18)6-16-12-9(5-15)11(14)17-19-12/h1-4,10,16,18H,6H2. The summed E-state index contributed by atoms with van der Waals surface area (Å²) in [6, 6.07) is 8.89. The molecule has 0 saturated heterocycles. The summed E-state index contributed by atoms with van der Waals surface area (Å²) in [5.74, 6) is 0. The van der Waals surface area contributed by atoms with Crippen LogP contribution in [0.3, 0.4) is 0 Å². The lowest BCUT2D eigenvalue weighted by atomic mass is 10.1. The van der Waals surface area contributed by atoms with Gasteiger partial charge >= 0.3 is 0 Å². The Labute approximate surface area is 124 Å². The fourth-order valence-corrected chi connectivity index (χ4v) is 2.55. The van der Waals surface area contributed by atoms with Crippen molar-refractivity contribution in [2.45, 2.75) is 6.10 Å². The summed E-state index contributed by atoms with van der Waals surface area (Å²) < 4.78 is 3.87. The van der Waals surface area contributed by atoms with Crippen molar-refractivity contribution in [3.8, 4) is 6.07 Å². The van der Waals surface area contributed by atoms with E-state index in [-0.39, 0.29) is 11.7 Å². The second-order valence-corrected chi connectivity index (χ2v) is 5.31. The predicted molar refractivity (Wildman–Crippen MR) is 76.7 cm³/mol. The van der Waals surface area contributed by atoms with Gasteiger partial charge in [-0.25, -0.2) is 0 Å². The minimum Gasteiger partial charge on any atom is -0.387 e. The van der Waals surface area contributed by atoms with Crippen LogP contribution in [0.2, 0.25) is 10.2 Å². The highest BCUT2D eigenvalue weighted by atomic mass is 35.5. The number of rotatable bonds is 4. The number of aliphatic hydroxyl groups is 1. The number of nitrogens with zero attached hydrogens (tertiary/aromatic N) is 2. The maximum Gasteiger partial charge on any atom is 0.162 e. The molecular weight excluding hydrogens is 305 g/mol. The Morgan fingerprint density at radius 1 is 1.37 bits per heavy atom. The Bertz CT molecular complexity index is 606. The number of hydrogen-bond donors (Lipinski definition) is 2. The van der Waals surface area contributed by atoms with Crippen LogP contribution in [0, 0.1) is 11.3 Å². The van der Waals surface area contributed by atoms with Crippen molar-refractivity contribution >= 4 is 39.7 Å². The van der Waals surface area contributed by atoms with Gasteiger partial charge in [0.15, 0.2) is 5.15 Å². The maximum absolute atomic E-state index is 10.0. The van der Waals surface area contributed by atoms with Crippen molar-refractivity contribution in [2.24, 2.45) is 0 Å². The van der Waals surface area contributed by atoms with Gasteiger partial charge in [-0.1, -0.05) is 35.3 Å². The number of benzene rings is 1. The molecule has 0 aliphatic heterocycles. The zero-order chi connectivity index (χ0) is 13.8. The van der Waals surface area contributed by atoms with E-state index in [4.69, 9.17) is 28.5 Å². The smallest absolute Gasteiger partial charge is 0.162 e. The average Bonchev–Trinajstić information content (AvgIpc) is 2.77. The molecular formula is C12H9Cl2N3OS. The quantitative estimate of drug-likeness (QED) is 0.906. The summed E-state index contributed by atoms with van der Waals surface area (Å²) in [5.41, 5.74) is 1.04. The van der Waals surface area contributed by atoms with Gasteiger partial charge in [-0.3, -0.25) is 0 Å². The van der Waals surface area contributed by atoms with Crippen LogP contribution in [-0.2, 0) is 0 Å². The highest BCUT2D eigenvalue weighted by Gasteiger charge is 2.13. The molecule has 0 bridgehead atoms. The van der Waals surface area contributed by atoms with Gasteiger partial charge in [0, 0.05) is 11.6 Å². The molecule has 7 heteroatoms. The monoisotopic (exact) mass is 313 g/mol. The highest BCUT2D eigenvalue weighted by molar-refractivity contribution is 7.10. The second kappa shape index (κ2) is 6.22. The van der Waals surface area contributed by atoms with Gasteiger partial charge < -0.3 is 10.4 Å². The summed E-state index contributed by atoms with van der Waals surface area (Å²) in [5, 5.41) is 23.2. The van der Waals surface area contributed by atoms with Crippen LogP contribution in [0.5, 0.6) is 0 Å². The van der Waals surface area contributed by atoms with Crippen LogP contribution >= 0.6 is 34.7 Å². The van der Waals surface area contributed by atoms with Crippen LogP contribution < -0.4 is 5.32 Å². The van der Waals surface area contributed by atoms with E-state index in [1.165, 1.54) is 0 Å². The molecule has 1 heterocycles. The molecule has 4 nitrogen and oxygen atoms in total. The van der Waals surface area contributed by atoms with Crippen molar-refractivity contribution in [3.63, 3.8) is 0 Å². The van der Waals surface area contributed by atoms with Gasteiger partial charge in [0.25, 0.3) is 0 Å². The van der Waals surface area contributed by atoms with Crippen LogP contribution in [0.1, 0.15) is 17.2 Å². The lowest BCUT2D eigenvalue weighted by Gasteiger charge is -2.12. The summed E-state index contributed by atoms with van der Waals surface area (Å²) >= 11 is 12.6. The third-order valence-corrected chi connectivity index (χ3v) is 3.90. The minimum absolute atomic E-state index is 0.177. The number of anilines is 1. The first kappa shape index (κ1) is 14.1. The second-order valence-electron chi connectivity index (χ2n) is 3.74. The first-order chi connectivity index (χ1) is 9.11. The molecule has 0 fully saturated rings. The Hall–Kier alpha value is -1.32. The third-order valence-electron chi connectivity index (χ3n) is 2.47. The van der Waals surface area contributed by atoms with E-state index < -0.39 is 6.10 Å². The fraction of sp³-hybridized carbons (Fsp3) is 0.167. The molecule has 1 aromatic carbocycles. The van der Waals surface area contributed by atoms with E-state index in [1.807, 2.05) is 6.07 Å². The van der Waals surface area contributed by atoms with Gasteiger partial charge in [0.1, 0.15) is 16.6 Å². The summed E-state index contributed by atoms with van der Waals surface area (Å²) in [6.45, 7) is 0.259. The molecule has 0 spiro atoms. The first-order valence-corrected chi connectivity index (χ1v) is 6.87. The van der Waals surface area contributed by atoms with E-state index in [0.717, 1.165) is 17.1 Å². The van der Waals surface area contributed by atoms with Gasteiger partial charge in [-0.05, 0) is 29.2 Å². The average molecular weight is 314 g/mol. The Kier molecular flexibility index (Phi) is 4.61. The molecule has 0 saturated carbocycles. The van der Waals surface area contributed by atoms with Crippen LogP contribution in [0.4, 0.5) is 5.00 Å². The molecule has 2 N–H and O–H groups in total. The van der Waals surface area contributed by atoms with Crippen molar-refractivity contribution < 1.29 is 5.11 Å². The first-order valence-electron chi connectivity index (χ1n) is 5.34. The Balaban J connectivity index is 2.02. The van der Waals surface area contributed by atoms with E-state index in [0.29, 0.717) is 15.6 Å². The van der Waals surface area contributed by atoms with E-state index >= 15 is 0 Å². The van der Waals surface area contributed by atoms with Gasteiger partial charge in [0.2, 0.25) is 0 Å². The molecule has 98 valence electrons. The van der Waals surface area contributed by atoms with Crippen LogP contribution in [-0.4, -0.2) is 16.0 Å². The fourth-order valence-electron chi connectivity index (χ4n) is 1.48. The summed E-state index contributed by atoms with van der Waals surface area (Å²) in [4.78, 5) is 0. The molecule has 0 aliphatic rings. The van der Waals surface area contributed by atoms with Crippen molar-refractivity contribution in [2.75, 3.05) is 11.9 Å². The lowest BCUT2D eigenvalue weighted by Crippen LogP contribution is -2.11. The number of hydrogen-bond acceptors (Lipinski definition) is 5. The summed E-state index contributed by atoms with van der Waals surface area (Å²) in [6.07, 6.45) is -0.704. The topological polar surface area (TPSA) is 68.9 Å². The molecule has 0 aliphatic carbocycles. The largest absolute Gasteiger partial charge is 0.387 e. The lowest BCUT2D eigenvalue weighted by molar-refractivity contribution is 0.191. The van der Waals surface area contributed by atoms with E-state index in [9.17, 15) is 5.11 Å². The molecule has 1 aromatic heterocycles. The normalized spacial score (nSPS) is 11.9. The maximum atomic E-state index is 10.0. The van der Waals surface area contributed by atoms with E-state index in [1.54, 1.807) is 24.3 Å². The molecule has 2 rings (SSSR count). The number of aromatic nitrogens is 1. The van der Waals surface area contributed by atoms with Crippen molar-refractivity contribution in [3.05, 3.63) is 45.6 Å². The number of halogens is 2. The van der Waals surface area contributed by atoms with Gasteiger partial charge in [0.05, 0.1) is 6.10 Å². The highest BCUT2D eigenvalue weighted by Crippen LogP contribution is 2.28. The van der Waals surface area contributed by atoms with Gasteiger partial charge in [-0.2, -0.15) is 9.64 Å². The Morgan fingerprint density at radius 2 is 2.05 bits per heavy atom. The Morgan fingerprint density at radius 3 is 2.68 bits per heavy atom. The third kappa shape index (κ3) is 3.37. The molecule has 1 unspecified atom stereocenters. The molecule has 0 radical (unpaired) electrons. The van der Waals surface area contributed by atoms with E-state index in [2.05, 4.69) is 9.69 Å². The predicted octanol–water partition coefficient (Wildman–Crippen LogP) is 3.47. The van der Waals surface area contributed by atoms with Crippen molar-refractivity contribution in [1.29, 1.82) is 5.26 Å².